The molecule has 0 aliphatic heterocycles. The van der Waals surface area contributed by atoms with Crippen molar-refractivity contribution in [3.05, 3.63) is 57.6 Å². The molecule has 0 saturated heterocycles. The van der Waals surface area contributed by atoms with E-state index in [1.807, 2.05) is 37.7 Å². The number of carbonyl (C=O) groups excluding carboxylic acids is 3. The fourth-order valence-corrected chi connectivity index (χ4v) is 16.2. The Morgan fingerprint density at radius 3 is 2.11 bits per heavy atom. The standard InChI is InChI=1S/C49H73Cl2N3O8SSi/c1-31-23-32(2)25-37(24-31)53-47(57)62-44-30-43-40(13-12-34-26-39(17-18-48(34,43)4)61-46(56)54-38-28-35(50)27-36(51)29-38)42-15-14-41(49(42,44)5)33(3)11-16-45(55)52-19-9-20-63-21-10-22-64(58-6,59-7)60-8/h23-25,27-29,33-34,39-44H,9-22,26,30H2,1-8H3,(H,52,55)(H,53,57)(H,54,56)/t33-,34-,39-,40+,41-,42+,43+,44+,48+,49-/m1/s1. The Labute approximate surface area is 397 Å². The van der Waals surface area contributed by atoms with Crippen molar-refractivity contribution in [2.75, 3.05) is 50.0 Å². The van der Waals surface area contributed by atoms with Crippen LogP contribution < -0.4 is 16.0 Å². The fraction of sp³-hybridized carbons (Fsp3) is 0.694. The molecule has 2 aromatic rings. The maximum absolute atomic E-state index is 14.0. The van der Waals surface area contributed by atoms with Crippen molar-refractivity contribution in [3.63, 3.8) is 0 Å². The van der Waals surface area contributed by atoms with Crippen molar-refractivity contribution in [3.8, 4) is 0 Å². The minimum atomic E-state index is -2.53. The van der Waals surface area contributed by atoms with Crippen molar-refractivity contribution >= 4 is 73.2 Å². The molecular formula is C49H73Cl2N3O8SSi. The molecule has 4 aliphatic rings. The second-order valence-corrected chi connectivity index (χ2v) is 24.8. The summed E-state index contributed by atoms with van der Waals surface area (Å²) in [5.74, 6) is 4.38. The van der Waals surface area contributed by atoms with E-state index in [0.29, 0.717) is 58.3 Å². The average molecular weight is 963 g/mol. The first-order valence-electron chi connectivity index (χ1n) is 23.5. The second kappa shape index (κ2) is 22.5. The van der Waals surface area contributed by atoms with E-state index in [4.69, 9.17) is 46.0 Å². The zero-order valence-corrected chi connectivity index (χ0v) is 42.7. The number of fused-ring (bicyclic) bond motifs is 5. The molecule has 4 fully saturated rings. The normalized spacial score (nSPS) is 29.1. The first-order chi connectivity index (χ1) is 30.5. The third kappa shape index (κ3) is 12.1. The van der Waals surface area contributed by atoms with E-state index >= 15 is 0 Å². The SMILES string of the molecule is CO[Si](CCCSCCCNC(=O)CC[C@@H](C)[C@H]1CC[C@H]2[C@@H]3CC[C@@H]4C[C@H](OC(=O)Nc5cc(Cl)cc(Cl)c5)CC[C@]4(C)[C@H]3C[C@H](OC(=O)Nc3cc(C)cc(C)c3)[C@]12C)(OC)OC. The van der Waals surface area contributed by atoms with Crippen LogP contribution >= 0.6 is 35.0 Å². The highest BCUT2D eigenvalue weighted by Crippen LogP contribution is 2.69. The number of ether oxygens (including phenoxy) is 2. The zero-order chi connectivity index (χ0) is 46.2. The summed E-state index contributed by atoms with van der Waals surface area (Å²) in [5.41, 5.74) is 3.21. The van der Waals surface area contributed by atoms with Crippen molar-refractivity contribution in [2.45, 2.75) is 130 Å². The smallest absolute Gasteiger partial charge is 0.446 e. The van der Waals surface area contributed by atoms with Crippen LogP contribution in [0, 0.1) is 60.2 Å². The first-order valence-corrected chi connectivity index (χ1v) is 27.4. The number of amides is 3. The van der Waals surface area contributed by atoms with Gasteiger partial charge in [-0.3, -0.25) is 15.4 Å². The molecule has 15 heteroatoms. The van der Waals surface area contributed by atoms with Crippen molar-refractivity contribution in [1.29, 1.82) is 0 Å². The molecule has 0 heterocycles. The van der Waals surface area contributed by atoms with E-state index in [-0.39, 0.29) is 34.9 Å². The lowest BCUT2D eigenvalue weighted by atomic mass is 9.43. The van der Waals surface area contributed by atoms with Crippen LogP contribution in [-0.2, 0) is 27.5 Å². The van der Waals surface area contributed by atoms with Gasteiger partial charge in [-0.15, -0.1) is 0 Å². The van der Waals surface area contributed by atoms with Gasteiger partial charge in [0.15, 0.2) is 0 Å². The number of thioether (sulfide) groups is 1. The summed E-state index contributed by atoms with van der Waals surface area (Å²) in [6.45, 7) is 11.9. The van der Waals surface area contributed by atoms with Gasteiger partial charge in [0, 0.05) is 67.2 Å². The zero-order valence-electron chi connectivity index (χ0n) is 39.3. The molecule has 0 radical (unpaired) electrons. The van der Waals surface area contributed by atoms with Crippen LogP contribution in [0.3, 0.4) is 0 Å². The van der Waals surface area contributed by atoms with Gasteiger partial charge < -0.3 is 28.1 Å². The summed E-state index contributed by atoms with van der Waals surface area (Å²) >= 11 is 14.2. The Hall–Kier alpha value is -2.52. The Kier molecular flexibility index (Phi) is 17.9. The van der Waals surface area contributed by atoms with Crippen molar-refractivity contribution in [1.82, 2.24) is 5.32 Å². The molecule has 11 nitrogen and oxygen atoms in total. The Morgan fingerprint density at radius 2 is 1.44 bits per heavy atom. The molecule has 356 valence electrons. The largest absolute Gasteiger partial charge is 0.500 e. The number of anilines is 2. The molecule has 0 unspecified atom stereocenters. The summed E-state index contributed by atoms with van der Waals surface area (Å²) in [4.78, 5) is 40.2. The number of nitrogens with one attached hydrogen (secondary N) is 3. The third-order valence-corrected chi connectivity index (χ3v) is 20.3. The lowest BCUT2D eigenvalue weighted by Crippen LogP contribution is -2.60. The molecule has 2 aromatic carbocycles. The number of hydrogen-bond acceptors (Lipinski definition) is 9. The Balaban J connectivity index is 1.08. The molecule has 0 spiro atoms. The minimum Gasteiger partial charge on any atom is -0.446 e. The predicted molar refractivity (Wildman–Crippen MR) is 260 cm³/mol. The van der Waals surface area contributed by atoms with Gasteiger partial charge in [-0.1, -0.05) is 50.0 Å². The Morgan fingerprint density at radius 1 is 0.797 bits per heavy atom. The summed E-state index contributed by atoms with van der Waals surface area (Å²) < 4.78 is 29.3. The first kappa shape index (κ1) is 50.9. The van der Waals surface area contributed by atoms with Gasteiger partial charge in [0.25, 0.3) is 0 Å². The second-order valence-electron chi connectivity index (χ2n) is 19.7. The predicted octanol–water partition coefficient (Wildman–Crippen LogP) is 12.3. The number of aryl methyl sites for hydroxylation is 2. The molecule has 4 saturated carbocycles. The van der Waals surface area contributed by atoms with Crippen molar-refractivity contribution in [2.24, 2.45) is 46.3 Å². The molecule has 0 aromatic heterocycles. The maximum atomic E-state index is 14.0. The summed E-state index contributed by atoms with van der Waals surface area (Å²) in [7, 11) is 2.41. The van der Waals surface area contributed by atoms with Gasteiger partial charge in [0.1, 0.15) is 12.2 Å². The van der Waals surface area contributed by atoms with Gasteiger partial charge in [-0.05, 0) is 178 Å². The minimum absolute atomic E-state index is 0.0264. The van der Waals surface area contributed by atoms with E-state index in [2.05, 4.69) is 42.8 Å². The Bertz CT molecular complexity index is 1880. The monoisotopic (exact) mass is 961 g/mol. The van der Waals surface area contributed by atoms with Gasteiger partial charge in [-0.2, -0.15) is 11.8 Å². The van der Waals surface area contributed by atoms with E-state index in [0.717, 1.165) is 105 Å². The quantitative estimate of drug-likeness (QED) is 0.0929. The summed E-state index contributed by atoms with van der Waals surface area (Å²) in [5, 5.41) is 9.97. The number of rotatable bonds is 19. The van der Waals surface area contributed by atoms with E-state index in [9.17, 15) is 14.4 Å². The molecule has 0 bridgehead atoms. The van der Waals surface area contributed by atoms with Crippen LogP contribution in [0.1, 0.15) is 109 Å². The van der Waals surface area contributed by atoms with Crippen LogP contribution in [-0.4, -0.2) is 78.5 Å². The highest BCUT2D eigenvalue weighted by Gasteiger charge is 2.65. The molecular weight excluding hydrogens is 890 g/mol. The lowest BCUT2D eigenvalue weighted by molar-refractivity contribution is -0.174. The summed E-state index contributed by atoms with van der Waals surface area (Å²) in [6, 6.07) is 11.8. The number of benzene rings is 2. The van der Waals surface area contributed by atoms with Gasteiger partial charge >= 0.3 is 21.0 Å². The average Bonchev–Trinajstić information content (AvgIpc) is 3.60. The molecule has 64 heavy (non-hydrogen) atoms. The van der Waals surface area contributed by atoms with Crippen LogP contribution in [0.4, 0.5) is 21.0 Å². The summed E-state index contributed by atoms with van der Waals surface area (Å²) in [6.07, 6.45) is 9.51. The molecule has 3 amide bonds. The maximum Gasteiger partial charge on any atom is 0.500 e. The number of carbonyl (C=O) groups is 3. The highest BCUT2D eigenvalue weighted by molar-refractivity contribution is 7.99. The highest BCUT2D eigenvalue weighted by atomic mass is 35.5. The van der Waals surface area contributed by atoms with E-state index < -0.39 is 21.0 Å². The van der Waals surface area contributed by atoms with E-state index in [1.165, 1.54) is 0 Å². The van der Waals surface area contributed by atoms with Crippen LogP contribution in [0.25, 0.3) is 0 Å². The van der Waals surface area contributed by atoms with Crippen molar-refractivity contribution < 1.29 is 37.1 Å². The molecule has 6 rings (SSSR count). The topological polar surface area (TPSA) is 133 Å². The van der Waals surface area contributed by atoms with Crippen LogP contribution in [0.5, 0.6) is 0 Å². The van der Waals surface area contributed by atoms with Gasteiger partial charge in [0.05, 0.1) is 0 Å². The third-order valence-electron chi connectivity index (χ3n) is 15.9. The molecule has 10 atom stereocenters. The molecule has 3 N–H and O–H groups in total. The van der Waals surface area contributed by atoms with Gasteiger partial charge in [-0.25, -0.2) is 9.59 Å². The van der Waals surface area contributed by atoms with E-state index in [1.54, 1.807) is 39.5 Å². The molecule has 4 aliphatic carbocycles. The number of hydrogen-bond donors (Lipinski definition) is 3. The fourth-order valence-electron chi connectivity index (χ4n) is 12.7. The van der Waals surface area contributed by atoms with Gasteiger partial charge in [0.2, 0.25) is 5.91 Å². The number of halogens is 2. The van der Waals surface area contributed by atoms with Crippen LogP contribution in [0.2, 0.25) is 16.1 Å². The van der Waals surface area contributed by atoms with Crippen LogP contribution in [0.15, 0.2) is 36.4 Å². The lowest BCUT2D eigenvalue weighted by Gasteiger charge is -2.62.